The van der Waals surface area contributed by atoms with Gasteiger partial charge in [0.1, 0.15) is 5.75 Å². The molecular weight excluding hydrogens is 246 g/mol. The van der Waals surface area contributed by atoms with E-state index in [1.807, 2.05) is 0 Å². The van der Waals surface area contributed by atoms with Crippen LogP contribution in [0.3, 0.4) is 0 Å². The van der Waals surface area contributed by atoms with Crippen LogP contribution in [0, 0.1) is 0 Å². The lowest BCUT2D eigenvalue weighted by atomic mass is 9.98. The van der Waals surface area contributed by atoms with E-state index in [1.165, 1.54) is 11.1 Å². The molecule has 3 heteroatoms. The second-order valence-electron chi connectivity index (χ2n) is 4.77. The summed E-state index contributed by atoms with van der Waals surface area (Å²) in [6.45, 7) is 6.39. The van der Waals surface area contributed by atoms with Crippen LogP contribution in [0.1, 0.15) is 37.3 Å². The maximum Gasteiger partial charge on any atom is 0.122 e. The predicted octanol–water partition coefficient (Wildman–Crippen LogP) is 3.58. The lowest BCUT2D eigenvalue weighted by Gasteiger charge is -2.13. The van der Waals surface area contributed by atoms with E-state index in [4.69, 9.17) is 16.3 Å². The molecule has 2 nitrogen and oxygen atoms in total. The first-order valence-electron chi connectivity index (χ1n) is 6.62. The minimum Gasteiger partial charge on any atom is -0.496 e. The summed E-state index contributed by atoms with van der Waals surface area (Å²) >= 11 is 5.63. The van der Waals surface area contributed by atoms with Crippen LogP contribution in [0.15, 0.2) is 18.2 Å². The van der Waals surface area contributed by atoms with Crippen molar-refractivity contribution in [2.75, 3.05) is 26.1 Å². The molecule has 0 aliphatic heterocycles. The highest BCUT2D eigenvalue weighted by atomic mass is 35.5. The highest BCUT2D eigenvalue weighted by Gasteiger charge is 2.07. The third-order valence-electron chi connectivity index (χ3n) is 2.99. The van der Waals surface area contributed by atoms with Crippen LogP contribution in [0.4, 0.5) is 0 Å². The number of hydrogen-bond acceptors (Lipinski definition) is 2. The molecule has 0 fully saturated rings. The van der Waals surface area contributed by atoms with Crippen LogP contribution >= 0.6 is 11.6 Å². The molecule has 0 saturated carbocycles. The van der Waals surface area contributed by atoms with Crippen LogP contribution in [0.2, 0.25) is 0 Å². The van der Waals surface area contributed by atoms with Gasteiger partial charge >= 0.3 is 0 Å². The molecule has 0 bridgehead atoms. The van der Waals surface area contributed by atoms with Gasteiger partial charge in [0, 0.05) is 5.88 Å². The largest absolute Gasteiger partial charge is 0.496 e. The summed E-state index contributed by atoms with van der Waals surface area (Å²) in [5.74, 6) is 2.21. The molecule has 0 aliphatic rings. The van der Waals surface area contributed by atoms with E-state index in [9.17, 15) is 0 Å². The Morgan fingerprint density at radius 2 is 2.06 bits per heavy atom. The van der Waals surface area contributed by atoms with Gasteiger partial charge in [-0.1, -0.05) is 26.0 Å². The van der Waals surface area contributed by atoms with Gasteiger partial charge in [-0.3, -0.25) is 0 Å². The van der Waals surface area contributed by atoms with Crippen molar-refractivity contribution in [2.24, 2.45) is 0 Å². The normalized spacial score (nSPS) is 10.9. The zero-order valence-corrected chi connectivity index (χ0v) is 12.4. The van der Waals surface area contributed by atoms with Gasteiger partial charge in [0.25, 0.3) is 0 Å². The highest BCUT2D eigenvalue weighted by molar-refractivity contribution is 6.17. The van der Waals surface area contributed by atoms with Gasteiger partial charge < -0.3 is 10.1 Å². The van der Waals surface area contributed by atoms with Crippen LogP contribution in [0.25, 0.3) is 0 Å². The zero-order valence-electron chi connectivity index (χ0n) is 11.6. The van der Waals surface area contributed by atoms with Crippen molar-refractivity contribution in [2.45, 2.75) is 32.6 Å². The maximum atomic E-state index is 5.63. The van der Waals surface area contributed by atoms with Crippen molar-refractivity contribution >= 4 is 11.6 Å². The van der Waals surface area contributed by atoms with Gasteiger partial charge in [-0.2, -0.15) is 0 Å². The Labute approximate surface area is 116 Å². The van der Waals surface area contributed by atoms with Gasteiger partial charge in [-0.25, -0.2) is 0 Å². The van der Waals surface area contributed by atoms with E-state index < -0.39 is 0 Å². The summed E-state index contributed by atoms with van der Waals surface area (Å²) in [4.78, 5) is 0. The molecule has 1 N–H and O–H groups in total. The second-order valence-corrected chi connectivity index (χ2v) is 5.15. The zero-order chi connectivity index (χ0) is 13.4. The van der Waals surface area contributed by atoms with Crippen molar-refractivity contribution in [3.63, 3.8) is 0 Å². The van der Waals surface area contributed by atoms with Crippen molar-refractivity contribution in [1.82, 2.24) is 5.32 Å². The summed E-state index contributed by atoms with van der Waals surface area (Å²) in [6, 6.07) is 6.48. The summed E-state index contributed by atoms with van der Waals surface area (Å²) in [7, 11) is 1.73. The molecule has 0 spiro atoms. The molecule has 0 aliphatic carbocycles. The minimum atomic E-state index is 0.490. The van der Waals surface area contributed by atoms with Gasteiger partial charge in [-0.05, 0) is 49.0 Å². The van der Waals surface area contributed by atoms with E-state index in [-0.39, 0.29) is 0 Å². The van der Waals surface area contributed by atoms with Crippen LogP contribution in [-0.4, -0.2) is 26.1 Å². The van der Waals surface area contributed by atoms with Crippen molar-refractivity contribution in [3.05, 3.63) is 29.3 Å². The number of hydrogen-bond donors (Lipinski definition) is 1. The Morgan fingerprint density at radius 1 is 1.28 bits per heavy atom. The van der Waals surface area contributed by atoms with E-state index in [1.54, 1.807) is 7.11 Å². The van der Waals surface area contributed by atoms with E-state index >= 15 is 0 Å². The van der Waals surface area contributed by atoms with E-state index in [0.29, 0.717) is 5.92 Å². The smallest absolute Gasteiger partial charge is 0.122 e. The monoisotopic (exact) mass is 269 g/mol. The summed E-state index contributed by atoms with van der Waals surface area (Å²) in [5.41, 5.74) is 2.65. The third-order valence-corrected chi connectivity index (χ3v) is 3.26. The molecule has 1 aromatic rings. The Balaban J connectivity index is 2.53. The molecule has 102 valence electrons. The molecular formula is C15H24ClNO. The average molecular weight is 270 g/mol. The second kappa shape index (κ2) is 8.39. The molecule has 0 unspecified atom stereocenters. The summed E-state index contributed by atoms with van der Waals surface area (Å²) < 4.78 is 5.39. The molecule has 1 aromatic carbocycles. The standard InChI is InChI=1S/C15H24ClNO/c1-12(2)14-11-13(5-6-15(14)18-3)7-10-17-9-4-8-16/h5-6,11-12,17H,4,7-10H2,1-3H3. The highest BCUT2D eigenvalue weighted by Crippen LogP contribution is 2.27. The first-order chi connectivity index (χ1) is 8.69. The number of benzene rings is 1. The average Bonchev–Trinajstić information content (AvgIpc) is 2.38. The van der Waals surface area contributed by atoms with Crippen LogP contribution < -0.4 is 10.1 Å². The van der Waals surface area contributed by atoms with Gasteiger partial charge in [0.05, 0.1) is 7.11 Å². The van der Waals surface area contributed by atoms with E-state index in [0.717, 1.165) is 37.6 Å². The Kier molecular flexibility index (Phi) is 7.14. The quantitative estimate of drug-likeness (QED) is 0.575. The molecule has 0 amide bonds. The van der Waals surface area contributed by atoms with Gasteiger partial charge in [0.15, 0.2) is 0 Å². The first kappa shape index (κ1) is 15.3. The van der Waals surface area contributed by atoms with Gasteiger partial charge in [0.2, 0.25) is 0 Å². The number of nitrogens with one attached hydrogen (secondary N) is 1. The molecule has 0 saturated heterocycles. The fourth-order valence-corrected chi connectivity index (χ4v) is 2.07. The van der Waals surface area contributed by atoms with Crippen LogP contribution in [-0.2, 0) is 6.42 Å². The summed E-state index contributed by atoms with van der Waals surface area (Å²) in [5, 5.41) is 3.40. The number of methoxy groups -OCH3 is 1. The van der Waals surface area contributed by atoms with Crippen LogP contribution in [0.5, 0.6) is 5.75 Å². The van der Waals surface area contributed by atoms with Crippen molar-refractivity contribution in [3.8, 4) is 5.75 Å². The maximum absolute atomic E-state index is 5.63. The fraction of sp³-hybridized carbons (Fsp3) is 0.600. The molecule has 0 radical (unpaired) electrons. The fourth-order valence-electron chi connectivity index (χ4n) is 1.94. The number of alkyl halides is 1. The van der Waals surface area contributed by atoms with Gasteiger partial charge in [-0.15, -0.1) is 11.6 Å². The third kappa shape index (κ3) is 4.87. The molecule has 18 heavy (non-hydrogen) atoms. The number of rotatable bonds is 8. The topological polar surface area (TPSA) is 21.3 Å². The minimum absolute atomic E-state index is 0.490. The lowest BCUT2D eigenvalue weighted by molar-refractivity contribution is 0.407. The SMILES string of the molecule is COc1ccc(CCNCCCCl)cc1C(C)C. The van der Waals surface area contributed by atoms with Crippen molar-refractivity contribution < 1.29 is 4.74 Å². The predicted molar refractivity (Wildman–Crippen MR) is 79.0 cm³/mol. The molecule has 0 aromatic heterocycles. The Morgan fingerprint density at radius 3 is 2.67 bits per heavy atom. The van der Waals surface area contributed by atoms with Crippen molar-refractivity contribution in [1.29, 1.82) is 0 Å². The lowest BCUT2D eigenvalue weighted by Crippen LogP contribution is -2.18. The number of ether oxygens (including phenoxy) is 1. The number of halogens is 1. The molecule has 0 atom stereocenters. The first-order valence-corrected chi connectivity index (χ1v) is 7.16. The van der Waals surface area contributed by atoms with E-state index in [2.05, 4.69) is 37.4 Å². The molecule has 1 rings (SSSR count). The Bertz CT molecular complexity index is 352. The summed E-state index contributed by atoms with van der Waals surface area (Å²) in [6.07, 6.45) is 2.08. The molecule has 0 heterocycles. The Hall–Kier alpha value is -0.730.